The van der Waals surface area contributed by atoms with Gasteiger partial charge in [0.15, 0.2) is 5.43 Å². The number of primary amides is 1. The molecule has 2 N–H and O–H groups in total. The zero-order valence-corrected chi connectivity index (χ0v) is 16.2. The zero-order chi connectivity index (χ0) is 20.2. The normalized spacial score (nSPS) is 15.4. The lowest BCUT2D eigenvalue weighted by molar-refractivity contribution is -0.123. The van der Waals surface area contributed by atoms with Gasteiger partial charge in [-0.05, 0) is 43.6 Å². The Kier molecular flexibility index (Phi) is 5.62. The Morgan fingerprint density at radius 2 is 1.90 bits per heavy atom. The molecule has 1 amide bonds. The Morgan fingerprint density at radius 1 is 1.14 bits per heavy atom. The number of carbonyl (C=O) groups excluding carboxylic acids is 1. The van der Waals surface area contributed by atoms with Crippen LogP contribution in [-0.4, -0.2) is 37.0 Å². The molecule has 0 bridgehead atoms. The fourth-order valence-corrected chi connectivity index (χ4v) is 3.75. The average molecular weight is 392 g/mol. The van der Waals surface area contributed by atoms with Crippen LogP contribution in [0.4, 0.5) is 0 Å². The van der Waals surface area contributed by atoms with Crippen molar-refractivity contribution in [2.45, 2.75) is 12.8 Å². The van der Waals surface area contributed by atoms with E-state index in [9.17, 15) is 9.59 Å². The standard InChI is InChI=1S/C23H24N2O4/c24-23(27)17-8-10-25(11-9-17)12-13-28-18-6-7-19-21(14-18)29-15-20(22(19)26)16-4-2-1-3-5-16/h1-7,14-15,17H,8-13H2,(H2,24,27). The lowest BCUT2D eigenvalue weighted by Crippen LogP contribution is -2.40. The Labute approximate surface area is 168 Å². The van der Waals surface area contributed by atoms with E-state index in [2.05, 4.69) is 4.90 Å². The van der Waals surface area contributed by atoms with Gasteiger partial charge in [0.2, 0.25) is 5.91 Å². The van der Waals surface area contributed by atoms with E-state index in [1.54, 1.807) is 18.2 Å². The van der Waals surface area contributed by atoms with Gasteiger partial charge in [-0.3, -0.25) is 14.5 Å². The molecule has 0 radical (unpaired) electrons. The maximum absolute atomic E-state index is 12.8. The number of hydrogen-bond donors (Lipinski definition) is 1. The van der Waals surface area contributed by atoms with E-state index in [1.165, 1.54) is 6.26 Å². The second-order valence-corrected chi connectivity index (χ2v) is 7.37. The molecule has 0 atom stereocenters. The van der Waals surface area contributed by atoms with Crippen molar-refractivity contribution < 1.29 is 13.9 Å². The highest BCUT2D eigenvalue weighted by Gasteiger charge is 2.22. The lowest BCUT2D eigenvalue weighted by Gasteiger charge is -2.30. The quantitative estimate of drug-likeness (QED) is 0.697. The number of benzene rings is 2. The summed E-state index contributed by atoms with van der Waals surface area (Å²) in [5.41, 5.74) is 7.21. The molecular weight excluding hydrogens is 368 g/mol. The van der Waals surface area contributed by atoms with Gasteiger partial charge >= 0.3 is 0 Å². The van der Waals surface area contributed by atoms with E-state index in [4.69, 9.17) is 14.9 Å². The van der Waals surface area contributed by atoms with E-state index in [0.717, 1.165) is 38.0 Å². The number of hydrogen-bond acceptors (Lipinski definition) is 5. The molecule has 0 spiro atoms. The predicted molar refractivity (Wildman–Crippen MR) is 112 cm³/mol. The average Bonchev–Trinajstić information content (AvgIpc) is 2.75. The number of fused-ring (bicyclic) bond motifs is 1. The molecule has 6 heteroatoms. The summed E-state index contributed by atoms with van der Waals surface area (Å²) in [6.45, 7) is 3.01. The first-order valence-corrected chi connectivity index (χ1v) is 9.87. The van der Waals surface area contributed by atoms with Crippen molar-refractivity contribution in [3.8, 4) is 16.9 Å². The molecule has 0 saturated carbocycles. The van der Waals surface area contributed by atoms with Gasteiger partial charge in [-0.1, -0.05) is 30.3 Å². The van der Waals surface area contributed by atoms with Crippen LogP contribution in [0.3, 0.4) is 0 Å². The predicted octanol–water partition coefficient (Wildman–Crippen LogP) is 3.04. The van der Waals surface area contributed by atoms with E-state index in [1.807, 2.05) is 30.3 Å². The molecule has 2 heterocycles. The topological polar surface area (TPSA) is 85.8 Å². The summed E-state index contributed by atoms with van der Waals surface area (Å²) in [5.74, 6) is 0.463. The molecule has 1 aliphatic heterocycles. The van der Waals surface area contributed by atoms with Crippen LogP contribution in [0.25, 0.3) is 22.1 Å². The largest absolute Gasteiger partial charge is 0.492 e. The number of likely N-dealkylation sites (tertiary alicyclic amines) is 1. The van der Waals surface area contributed by atoms with Gasteiger partial charge in [-0.25, -0.2) is 0 Å². The van der Waals surface area contributed by atoms with Crippen molar-refractivity contribution in [2.24, 2.45) is 11.7 Å². The maximum atomic E-state index is 12.8. The van der Waals surface area contributed by atoms with Gasteiger partial charge in [0.25, 0.3) is 0 Å². The third kappa shape index (κ3) is 4.32. The van der Waals surface area contributed by atoms with Crippen LogP contribution in [0, 0.1) is 5.92 Å². The SMILES string of the molecule is NC(=O)C1CCN(CCOc2ccc3c(=O)c(-c4ccccc4)coc3c2)CC1. The molecule has 3 aromatic rings. The molecule has 6 nitrogen and oxygen atoms in total. The number of rotatable bonds is 6. The summed E-state index contributed by atoms with van der Waals surface area (Å²) in [7, 11) is 0. The Bertz CT molecular complexity index is 1050. The van der Waals surface area contributed by atoms with Gasteiger partial charge in [0.05, 0.1) is 10.9 Å². The highest BCUT2D eigenvalue weighted by molar-refractivity contribution is 5.82. The second-order valence-electron chi connectivity index (χ2n) is 7.37. The van der Waals surface area contributed by atoms with E-state index in [-0.39, 0.29) is 17.3 Å². The van der Waals surface area contributed by atoms with E-state index >= 15 is 0 Å². The number of carbonyl (C=O) groups is 1. The molecule has 29 heavy (non-hydrogen) atoms. The summed E-state index contributed by atoms with van der Waals surface area (Å²) >= 11 is 0. The maximum Gasteiger partial charge on any atom is 0.220 e. The van der Waals surface area contributed by atoms with E-state index in [0.29, 0.717) is 28.9 Å². The Balaban J connectivity index is 1.40. The Morgan fingerprint density at radius 3 is 2.62 bits per heavy atom. The van der Waals surface area contributed by atoms with Gasteiger partial charge in [0, 0.05) is 18.5 Å². The molecule has 0 aliphatic carbocycles. The van der Waals surface area contributed by atoms with Crippen molar-refractivity contribution in [3.63, 3.8) is 0 Å². The van der Waals surface area contributed by atoms with Crippen LogP contribution >= 0.6 is 0 Å². The van der Waals surface area contributed by atoms with E-state index < -0.39 is 0 Å². The van der Waals surface area contributed by atoms with Crippen molar-refractivity contribution in [1.29, 1.82) is 0 Å². The molecule has 2 aromatic carbocycles. The van der Waals surface area contributed by atoms with Crippen molar-refractivity contribution in [2.75, 3.05) is 26.2 Å². The second kappa shape index (κ2) is 8.49. The first kappa shape index (κ1) is 19.2. The van der Waals surface area contributed by atoms with Gasteiger partial charge in [-0.2, -0.15) is 0 Å². The molecule has 1 aromatic heterocycles. The fourth-order valence-electron chi connectivity index (χ4n) is 3.75. The number of ether oxygens (including phenoxy) is 1. The summed E-state index contributed by atoms with van der Waals surface area (Å²) in [5, 5.41) is 0.534. The van der Waals surface area contributed by atoms with Crippen molar-refractivity contribution in [1.82, 2.24) is 4.90 Å². The first-order chi connectivity index (χ1) is 14.1. The van der Waals surface area contributed by atoms with Gasteiger partial charge in [0.1, 0.15) is 24.2 Å². The minimum atomic E-state index is -0.200. The smallest absolute Gasteiger partial charge is 0.220 e. The molecule has 0 unspecified atom stereocenters. The zero-order valence-electron chi connectivity index (χ0n) is 16.2. The van der Waals surface area contributed by atoms with Crippen LogP contribution < -0.4 is 15.9 Å². The van der Waals surface area contributed by atoms with Gasteiger partial charge in [-0.15, -0.1) is 0 Å². The van der Waals surface area contributed by atoms with Gasteiger partial charge < -0.3 is 14.9 Å². The highest BCUT2D eigenvalue weighted by atomic mass is 16.5. The fraction of sp³-hybridized carbons (Fsp3) is 0.304. The number of piperidine rings is 1. The summed E-state index contributed by atoms with van der Waals surface area (Å²) in [4.78, 5) is 26.3. The molecule has 1 fully saturated rings. The van der Waals surface area contributed by atoms with Crippen LogP contribution in [0.5, 0.6) is 5.75 Å². The molecular formula is C23H24N2O4. The number of nitrogens with zero attached hydrogens (tertiary/aromatic N) is 1. The number of nitrogens with two attached hydrogens (primary N) is 1. The minimum absolute atomic E-state index is 0.00340. The third-order valence-corrected chi connectivity index (χ3v) is 5.50. The minimum Gasteiger partial charge on any atom is -0.492 e. The third-order valence-electron chi connectivity index (χ3n) is 5.50. The van der Waals surface area contributed by atoms with Crippen molar-refractivity contribution in [3.05, 3.63) is 65.0 Å². The molecule has 1 aliphatic rings. The van der Waals surface area contributed by atoms with Crippen LogP contribution in [0.1, 0.15) is 12.8 Å². The van der Waals surface area contributed by atoms with Crippen LogP contribution in [0.2, 0.25) is 0 Å². The van der Waals surface area contributed by atoms with Crippen LogP contribution in [0.15, 0.2) is 64.0 Å². The summed E-state index contributed by atoms with van der Waals surface area (Å²) in [6, 6.07) is 14.8. The van der Waals surface area contributed by atoms with Crippen LogP contribution in [-0.2, 0) is 4.79 Å². The summed E-state index contributed by atoms with van der Waals surface area (Å²) in [6.07, 6.45) is 3.12. The molecule has 4 rings (SSSR count). The van der Waals surface area contributed by atoms with Crippen molar-refractivity contribution >= 4 is 16.9 Å². The first-order valence-electron chi connectivity index (χ1n) is 9.87. The monoisotopic (exact) mass is 392 g/mol. The molecule has 1 saturated heterocycles. The highest BCUT2D eigenvalue weighted by Crippen LogP contribution is 2.23. The summed E-state index contributed by atoms with van der Waals surface area (Å²) < 4.78 is 11.6. The lowest BCUT2D eigenvalue weighted by atomic mass is 9.96. The number of amides is 1. The Hall–Kier alpha value is -3.12. The molecule has 150 valence electrons.